The van der Waals surface area contributed by atoms with Crippen LogP contribution in [0.4, 0.5) is 0 Å². The van der Waals surface area contributed by atoms with Gasteiger partial charge in [-0.05, 0) is 0 Å². The summed E-state index contributed by atoms with van der Waals surface area (Å²) in [4.78, 5) is 11.8. The van der Waals surface area contributed by atoms with Crippen molar-refractivity contribution in [2.45, 2.75) is 215 Å². The average molecular weight is 1190 g/mol. The van der Waals surface area contributed by atoms with Crippen LogP contribution in [0.1, 0.15) is 0 Å². The van der Waals surface area contributed by atoms with E-state index in [0.29, 0.717) is 0 Å². The van der Waals surface area contributed by atoms with Crippen LogP contribution in [-0.2, 0) is 75.8 Å². The highest BCUT2D eigenvalue weighted by molar-refractivity contribution is 5.68. The molecule has 0 aromatic rings. The second kappa shape index (κ2) is 27.8. The average Bonchev–Trinajstić information content (AvgIpc) is 3.65. The quantitative estimate of drug-likeness (QED) is 0.0966. The Hall–Kier alpha value is -1.93. The fourth-order valence-corrected chi connectivity index (χ4v) is 10.8. The highest BCUT2D eigenvalue weighted by Crippen LogP contribution is 2.39. The van der Waals surface area contributed by atoms with Gasteiger partial charge in [-0.2, -0.15) is 0 Å². The zero-order valence-corrected chi connectivity index (χ0v) is 42.3. The molecule has 0 aromatic carbocycles. The fraction of sp³-hybridized carbons (Fsp3) is 0.977. The van der Waals surface area contributed by atoms with Crippen molar-refractivity contribution in [2.24, 2.45) is 0 Å². The van der Waals surface area contributed by atoms with E-state index in [2.05, 4.69) is 0 Å². The molecule has 0 spiro atoms. The van der Waals surface area contributed by atoms with E-state index in [9.17, 15) is 112 Å². The number of aliphatic hydroxyl groups is 20. The van der Waals surface area contributed by atoms with Crippen LogP contribution < -0.4 is 0 Å². The maximum absolute atomic E-state index is 11.8. The Kier molecular flexibility index (Phi) is 22.4. The zero-order chi connectivity index (χ0) is 59.0. The smallest absolute Gasteiger partial charge is 0.329 e. The molecule has 0 saturated carbocycles. The number of carboxylic acids is 1. The summed E-state index contributed by atoms with van der Waals surface area (Å²) >= 11 is 0. The van der Waals surface area contributed by atoms with Crippen molar-refractivity contribution in [3.8, 4) is 0 Å². The first-order valence-electron chi connectivity index (χ1n) is 25.7. The molecule has 21 N–H and O–H groups in total. The molecule has 81 heavy (non-hydrogen) atoms. The highest BCUT2D eigenvalue weighted by atomic mass is 16.8. The number of carboxylic acid groups (broad SMARTS) is 1. The minimum atomic E-state index is -2.27. The van der Waals surface area contributed by atoms with E-state index in [4.69, 9.17) is 71.1 Å². The molecule has 470 valence electrons. The van der Waals surface area contributed by atoms with Crippen molar-refractivity contribution in [3.05, 3.63) is 0 Å². The van der Waals surface area contributed by atoms with E-state index in [-0.39, 0.29) is 0 Å². The zero-order valence-electron chi connectivity index (χ0n) is 42.3. The summed E-state index contributed by atoms with van der Waals surface area (Å²) in [6.45, 7) is -8.76. The van der Waals surface area contributed by atoms with E-state index < -0.39 is 274 Å². The van der Waals surface area contributed by atoms with Gasteiger partial charge in [-0.3, -0.25) is 0 Å². The Bertz CT molecular complexity index is 1950. The number of hydrogen-bond acceptors (Lipinski definition) is 36. The molecule has 0 amide bonds. The van der Waals surface area contributed by atoms with Crippen LogP contribution in [0, 0.1) is 0 Å². The van der Waals surface area contributed by atoms with Crippen molar-refractivity contribution in [1.29, 1.82) is 0 Å². The van der Waals surface area contributed by atoms with Gasteiger partial charge in [0, 0.05) is 0 Å². The summed E-state index contributed by atoms with van der Waals surface area (Å²) in [6, 6.07) is 0. The molecule has 0 aromatic heterocycles. The van der Waals surface area contributed by atoms with Crippen LogP contribution in [0.3, 0.4) is 0 Å². The molecule has 21 aliphatic rings. The van der Waals surface area contributed by atoms with Gasteiger partial charge in [0.25, 0.3) is 0 Å². The molecule has 21 rings (SSSR count). The summed E-state index contributed by atoms with van der Waals surface area (Å²) in [6.07, 6.45) is -71.4. The number of hydrogen-bond donors (Lipinski definition) is 21. The van der Waals surface area contributed by atoms with Gasteiger partial charge in [-0.15, -0.1) is 0 Å². The van der Waals surface area contributed by atoms with Gasteiger partial charge in [0.1, 0.15) is 178 Å². The van der Waals surface area contributed by atoms with E-state index in [1.807, 2.05) is 0 Å². The van der Waals surface area contributed by atoms with Crippen LogP contribution in [0.15, 0.2) is 0 Å². The summed E-state index contributed by atoms with van der Waals surface area (Å²) in [7, 11) is 0. The molecule has 21 saturated heterocycles. The first kappa shape index (κ1) is 65.1. The lowest BCUT2D eigenvalue weighted by atomic mass is 9.95. The first-order valence-corrected chi connectivity index (χ1v) is 25.7. The van der Waals surface area contributed by atoms with Gasteiger partial charge in [0.15, 0.2) is 44.0 Å². The normalized spacial score (nSPS) is 53.2. The van der Waals surface area contributed by atoms with Crippen LogP contribution >= 0.6 is 0 Å². The van der Waals surface area contributed by atoms with E-state index in [0.717, 1.165) is 0 Å². The van der Waals surface area contributed by atoms with E-state index in [1.54, 1.807) is 0 Å². The fourth-order valence-electron chi connectivity index (χ4n) is 10.8. The number of rotatable bonds is 10. The van der Waals surface area contributed by atoms with Crippen molar-refractivity contribution in [1.82, 2.24) is 0 Å². The van der Waals surface area contributed by atoms with Crippen LogP contribution in [-0.4, -0.2) is 381 Å². The van der Waals surface area contributed by atoms with Crippen molar-refractivity contribution < 1.29 is 183 Å². The van der Waals surface area contributed by atoms with Gasteiger partial charge >= 0.3 is 5.97 Å². The molecule has 21 aliphatic heterocycles. The molecule has 14 bridgehead atoms. The lowest BCUT2D eigenvalue weighted by Gasteiger charge is -2.50. The van der Waals surface area contributed by atoms with Gasteiger partial charge < -0.3 is 178 Å². The van der Waals surface area contributed by atoms with Crippen LogP contribution in [0.5, 0.6) is 0 Å². The molecule has 0 radical (unpaired) electrons. The number of carbonyl (C=O) groups is 1. The SMILES string of the molecule is O=C(O)CO[C@@H]1[C@@H](O)[C@H]2O[C@H]3[C@@H](O)[C@H](O)[C@@H](O[C@H]4[C@@H](O)[C@H](O)[C@@H](O[C@H]5[C@H](O)[C@@H](O)[C@@H](O[C@H]6[C@H](O)[C@@H](O)[C@@H](O[C@H]7[C@H](O)[C@@H](O)[C@@H](O[C@H]8[C@H](O)[C@@H](O)[C@@H](O[C@@H]1[C@@H](CO)O2)O[C@H]8CO)O[C@@H]7CO)O[C@H]6CO)O[C@@H]5CO)O[C@@H]4CO)O[C@@H]3CO. The third kappa shape index (κ3) is 13.2. The summed E-state index contributed by atoms with van der Waals surface area (Å²) < 4.78 is 85.4. The largest absolute Gasteiger partial charge is 0.480 e. The van der Waals surface area contributed by atoms with Gasteiger partial charge in [-0.1, -0.05) is 0 Å². The van der Waals surface area contributed by atoms with Crippen LogP contribution in [0.25, 0.3) is 0 Å². The predicted octanol–water partition coefficient (Wildman–Crippen LogP) is -15.1. The Labute approximate surface area is 456 Å². The summed E-state index contributed by atoms with van der Waals surface area (Å²) in [5.41, 5.74) is 0. The topological polar surface area (TPSA) is 580 Å². The molecule has 37 nitrogen and oxygen atoms in total. The molecule has 21 fully saturated rings. The van der Waals surface area contributed by atoms with Crippen molar-refractivity contribution in [3.63, 3.8) is 0 Å². The maximum Gasteiger partial charge on any atom is 0.329 e. The highest BCUT2D eigenvalue weighted by Gasteiger charge is 2.60. The second-order valence-corrected chi connectivity index (χ2v) is 20.3. The standard InChI is InChI=1S/C44H72O37/c45-1-9-30-18(55)24(61)39(69-9)77-32-11(3-47)71-41(26(63)20(32)57)79-34-13(5-49)73-43(28(65)22(34)59)81-36-15(7-51)74-44(29(66)37(36)67-8-16(52)53)80-35-14(6-50)72-42(27(64)21(35)58)78-33-12(4-48)70-40(25(62)19(33)56)76-31-10(2-46)68-38(75-30)23(60)17(31)54/h9-15,17-51,54-66H,1-8H2,(H,52,53)/t9-,10+,11+,12+,13-,14+,15+,17+,18+,19-,20+,21-,22+,23+,24+,25-,26+,27-,28+,29+,30+,31+,32+,33+,34+,35+,36+,37+,38+,39+,40+,41+,42+,43+,44+/m0/s1. The third-order valence-electron chi connectivity index (χ3n) is 15.2. The minimum absolute atomic E-state index is 1.06. The van der Waals surface area contributed by atoms with Crippen molar-refractivity contribution >= 4 is 5.97 Å². The lowest BCUT2D eigenvalue weighted by molar-refractivity contribution is -0.397. The number of ether oxygens (including phenoxy) is 15. The Morgan fingerprint density at radius 2 is 0.432 bits per heavy atom. The van der Waals surface area contributed by atoms with Crippen molar-refractivity contribution in [2.75, 3.05) is 52.9 Å². The Balaban J connectivity index is 1.10. The monoisotopic (exact) mass is 1190 g/mol. The van der Waals surface area contributed by atoms with E-state index >= 15 is 0 Å². The van der Waals surface area contributed by atoms with Gasteiger partial charge in [-0.25, -0.2) is 4.79 Å². The maximum atomic E-state index is 11.8. The minimum Gasteiger partial charge on any atom is -0.480 e. The molecular weight excluding hydrogens is 1120 g/mol. The predicted molar refractivity (Wildman–Crippen MR) is 240 cm³/mol. The molecule has 37 heteroatoms. The third-order valence-corrected chi connectivity index (χ3v) is 15.2. The molecule has 0 aliphatic carbocycles. The molecule has 35 atom stereocenters. The molecular formula is C44H72O37. The lowest BCUT2D eigenvalue weighted by Crippen LogP contribution is -2.68. The van der Waals surface area contributed by atoms with Gasteiger partial charge in [0.05, 0.1) is 46.2 Å². The molecule has 21 heterocycles. The second-order valence-electron chi connectivity index (χ2n) is 20.3. The Morgan fingerprint density at radius 3 is 0.617 bits per heavy atom. The Morgan fingerprint density at radius 1 is 0.259 bits per heavy atom. The summed E-state index contributed by atoms with van der Waals surface area (Å²) in [5.74, 6) is -1.62. The van der Waals surface area contributed by atoms with Crippen LogP contribution in [0.2, 0.25) is 0 Å². The van der Waals surface area contributed by atoms with Gasteiger partial charge in [0.2, 0.25) is 0 Å². The summed E-state index contributed by atoms with van der Waals surface area (Å²) in [5, 5.41) is 230. The molecule has 0 unspecified atom stereocenters. The number of aliphatic hydroxyl groups excluding tert-OH is 20. The number of aliphatic carboxylic acids is 1. The first-order chi connectivity index (χ1) is 38.5. The van der Waals surface area contributed by atoms with E-state index in [1.165, 1.54) is 0 Å².